The van der Waals surface area contributed by atoms with Gasteiger partial charge in [-0.25, -0.2) is 0 Å². The highest BCUT2D eigenvalue weighted by Crippen LogP contribution is 2.20. The van der Waals surface area contributed by atoms with Crippen molar-refractivity contribution >= 4 is 11.9 Å². The van der Waals surface area contributed by atoms with E-state index in [0.29, 0.717) is 32.3 Å². The first-order chi connectivity index (χ1) is 12.2. The van der Waals surface area contributed by atoms with Gasteiger partial charge in [-0.05, 0) is 44.9 Å². The first kappa shape index (κ1) is 22.0. The van der Waals surface area contributed by atoms with E-state index < -0.39 is 0 Å². The standard InChI is InChI=1S/C21H38O4/c1-2-3-4-5-8-13-18-24-20(22)16-11-12-17-21(23)25-19-14-9-6-7-10-15-19/h19H,2-18H2,1H3. The van der Waals surface area contributed by atoms with Crippen molar-refractivity contribution in [1.82, 2.24) is 0 Å². The van der Waals surface area contributed by atoms with Crippen molar-refractivity contribution in [3.05, 3.63) is 0 Å². The molecule has 0 heterocycles. The Morgan fingerprint density at radius 2 is 1.36 bits per heavy atom. The Labute approximate surface area is 154 Å². The minimum absolute atomic E-state index is 0.104. The van der Waals surface area contributed by atoms with Gasteiger partial charge in [-0.2, -0.15) is 0 Å². The topological polar surface area (TPSA) is 52.6 Å². The van der Waals surface area contributed by atoms with E-state index in [2.05, 4.69) is 6.92 Å². The van der Waals surface area contributed by atoms with Crippen LogP contribution in [0.4, 0.5) is 0 Å². The molecule has 0 atom stereocenters. The highest BCUT2D eigenvalue weighted by Gasteiger charge is 2.16. The van der Waals surface area contributed by atoms with Gasteiger partial charge in [0.25, 0.3) is 0 Å². The van der Waals surface area contributed by atoms with Crippen molar-refractivity contribution < 1.29 is 19.1 Å². The van der Waals surface area contributed by atoms with Gasteiger partial charge < -0.3 is 9.47 Å². The Morgan fingerprint density at radius 1 is 0.760 bits per heavy atom. The minimum atomic E-state index is -0.134. The molecular weight excluding hydrogens is 316 g/mol. The lowest BCUT2D eigenvalue weighted by molar-refractivity contribution is -0.150. The number of ether oxygens (including phenoxy) is 2. The van der Waals surface area contributed by atoms with Crippen LogP contribution in [0.25, 0.3) is 0 Å². The highest BCUT2D eigenvalue weighted by molar-refractivity contribution is 5.70. The maximum Gasteiger partial charge on any atom is 0.306 e. The minimum Gasteiger partial charge on any atom is -0.466 e. The third kappa shape index (κ3) is 12.9. The van der Waals surface area contributed by atoms with Crippen molar-refractivity contribution in [1.29, 1.82) is 0 Å². The predicted molar refractivity (Wildman–Crippen MR) is 100 cm³/mol. The number of unbranched alkanes of at least 4 members (excludes halogenated alkanes) is 6. The smallest absolute Gasteiger partial charge is 0.306 e. The van der Waals surface area contributed by atoms with Crippen molar-refractivity contribution in [3.63, 3.8) is 0 Å². The summed E-state index contributed by atoms with van der Waals surface area (Å²) < 4.78 is 10.8. The zero-order chi connectivity index (χ0) is 18.2. The Balaban J connectivity index is 1.92. The monoisotopic (exact) mass is 354 g/mol. The summed E-state index contributed by atoms with van der Waals surface area (Å²) >= 11 is 0. The summed E-state index contributed by atoms with van der Waals surface area (Å²) in [6, 6.07) is 0. The molecule has 0 spiro atoms. The van der Waals surface area contributed by atoms with Crippen molar-refractivity contribution in [2.45, 2.75) is 116 Å². The molecule has 1 aliphatic rings. The fourth-order valence-corrected chi connectivity index (χ4v) is 3.28. The zero-order valence-electron chi connectivity index (χ0n) is 16.2. The van der Waals surface area contributed by atoms with Gasteiger partial charge >= 0.3 is 11.9 Å². The molecule has 1 aliphatic carbocycles. The van der Waals surface area contributed by atoms with Crippen LogP contribution in [0.15, 0.2) is 0 Å². The molecule has 0 unspecified atom stereocenters. The number of hydrogen-bond donors (Lipinski definition) is 0. The fraction of sp³-hybridized carbons (Fsp3) is 0.905. The number of rotatable bonds is 13. The zero-order valence-corrected chi connectivity index (χ0v) is 16.2. The van der Waals surface area contributed by atoms with E-state index in [9.17, 15) is 9.59 Å². The molecule has 1 fully saturated rings. The molecule has 0 aliphatic heterocycles. The average molecular weight is 355 g/mol. The molecule has 1 rings (SSSR count). The van der Waals surface area contributed by atoms with Gasteiger partial charge in [-0.1, -0.05) is 51.9 Å². The van der Waals surface area contributed by atoms with Gasteiger partial charge in [0.15, 0.2) is 0 Å². The number of hydrogen-bond acceptors (Lipinski definition) is 4. The van der Waals surface area contributed by atoms with Crippen molar-refractivity contribution in [2.24, 2.45) is 0 Å². The number of carbonyl (C=O) groups is 2. The quantitative estimate of drug-likeness (QED) is 0.241. The third-order valence-electron chi connectivity index (χ3n) is 4.87. The summed E-state index contributed by atoms with van der Waals surface area (Å²) in [7, 11) is 0. The number of carbonyl (C=O) groups excluding carboxylic acids is 2. The fourth-order valence-electron chi connectivity index (χ4n) is 3.28. The Kier molecular flexibility index (Phi) is 13.4. The normalized spacial score (nSPS) is 15.6. The number of esters is 2. The van der Waals surface area contributed by atoms with E-state index in [-0.39, 0.29) is 18.0 Å². The van der Waals surface area contributed by atoms with E-state index in [1.165, 1.54) is 51.4 Å². The lowest BCUT2D eigenvalue weighted by Gasteiger charge is -2.15. The van der Waals surface area contributed by atoms with Crippen LogP contribution in [0, 0.1) is 0 Å². The molecule has 0 N–H and O–H groups in total. The summed E-state index contributed by atoms with van der Waals surface area (Å²) in [6.07, 6.45) is 16.4. The molecule has 0 bridgehead atoms. The summed E-state index contributed by atoms with van der Waals surface area (Å²) in [5.41, 5.74) is 0. The van der Waals surface area contributed by atoms with Crippen LogP contribution in [0.2, 0.25) is 0 Å². The largest absolute Gasteiger partial charge is 0.466 e. The average Bonchev–Trinajstić information content (AvgIpc) is 2.86. The lowest BCUT2D eigenvalue weighted by Crippen LogP contribution is -2.17. The van der Waals surface area contributed by atoms with Crippen molar-refractivity contribution in [3.8, 4) is 0 Å². The van der Waals surface area contributed by atoms with Crippen LogP contribution in [0.5, 0.6) is 0 Å². The Bertz CT molecular complexity index is 346. The van der Waals surface area contributed by atoms with Gasteiger partial charge in [0, 0.05) is 12.8 Å². The summed E-state index contributed by atoms with van der Waals surface area (Å²) in [4.78, 5) is 23.5. The first-order valence-corrected chi connectivity index (χ1v) is 10.6. The second-order valence-electron chi connectivity index (χ2n) is 7.30. The van der Waals surface area contributed by atoms with Gasteiger partial charge in [0.2, 0.25) is 0 Å². The van der Waals surface area contributed by atoms with Crippen LogP contribution in [0.1, 0.15) is 110 Å². The van der Waals surface area contributed by atoms with Gasteiger partial charge in [0.05, 0.1) is 6.61 Å². The van der Waals surface area contributed by atoms with E-state index in [1.54, 1.807) is 0 Å². The van der Waals surface area contributed by atoms with Crippen LogP contribution < -0.4 is 0 Å². The maximum absolute atomic E-state index is 11.8. The Hall–Kier alpha value is -1.06. The highest BCUT2D eigenvalue weighted by atomic mass is 16.5. The predicted octanol–water partition coefficient (Wildman–Crippen LogP) is 5.72. The summed E-state index contributed by atoms with van der Waals surface area (Å²) in [5, 5.41) is 0. The molecule has 0 radical (unpaired) electrons. The molecule has 4 nitrogen and oxygen atoms in total. The van der Waals surface area contributed by atoms with Gasteiger partial charge in [-0.3, -0.25) is 9.59 Å². The molecule has 0 aromatic rings. The summed E-state index contributed by atoms with van der Waals surface area (Å²) in [6.45, 7) is 2.74. The third-order valence-corrected chi connectivity index (χ3v) is 4.87. The molecule has 4 heteroatoms. The summed E-state index contributed by atoms with van der Waals surface area (Å²) in [5.74, 6) is -0.238. The molecule has 0 saturated heterocycles. The van der Waals surface area contributed by atoms with E-state index in [4.69, 9.17) is 9.47 Å². The van der Waals surface area contributed by atoms with Crippen LogP contribution in [-0.4, -0.2) is 24.6 Å². The molecule has 25 heavy (non-hydrogen) atoms. The molecule has 1 saturated carbocycles. The van der Waals surface area contributed by atoms with E-state index in [1.807, 2.05) is 0 Å². The second-order valence-corrected chi connectivity index (χ2v) is 7.30. The lowest BCUT2D eigenvalue weighted by atomic mass is 10.1. The molecular formula is C21H38O4. The maximum atomic E-state index is 11.8. The Morgan fingerprint density at radius 3 is 2.04 bits per heavy atom. The molecule has 0 aromatic heterocycles. The van der Waals surface area contributed by atoms with Crippen LogP contribution in [-0.2, 0) is 19.1 Å². The molecule has 146 valence electrons. The van der Waals surface area contributed by atoms with Gasteiger partial charge in [-0.15, -0.1) is 0 Å². The SMILES string of the molecule is CCCCCCCCOC(=O)CCCCC(=O)OC1CCCCCC1. The van der Waals surface area contributed by atoms with Crippen LogP contribution in [0.3, 0.4) is 0 Å². The van der Waals surface area contributed by atoms with Gasteiger partial charge in [0.1, 0.15) is 6.10 Å². The van der Waals surface area contributed by atoms with E-state index in [0.717, 1.165) is 25.7 Å². The van der Waals surface area contributed by atoms with Crippen LogP contribution >= 0.6 is 0 Å². The van der Waals surface area contributed by atoms with E-state index >= 15 is 0 Å². The van der Waals surface area contributed by atoms with Crippen molar-refractivity contribution in [2.75, 3.05) is 6.61 Å². The molecule has 0 amide bonds. The second kappa shape index (κ2) is 15.2. The molecule has 0 aromatic carbocycles. The first-order valence-electron chi connectivity index (χ1n) is 10.6.